The van der Waals surface area contributed by atoms with Crippen molar-refractivity contribution in [1.82, 2.24) is 4.90 Å². The number of hydrogen-bond acceptors (Lipinski definition) is 5. The van der Waals surface area contributed by atoms with Crippen LogP contribution in [0.1, 0.15) is 24.0 Å². The second kappa shape index (κ2) is 6.87. The highest BCUT2D eigenvalue weighted by atomic mass is 19.1. The Balaban J connectivity index is 2.07. The molecule has 0 unspecified atom stereocenters. The lowest BCUT2D eigenvalue weighted by Gasteiger charge is -2.28. The fourth-order valence-electron chi connectivity index (χ4n) is 2.57. The summed E-state index contributed by atoms with van der Waals surface area (Å²) >= 11 is 0. The highest BCUT2D eigenvalue weighted by Gasteiger charge is 2.24. The van der Waals surface area contributed by atoms with Crippen LogP contribution in [0.4, 0.5) is 4.39 Å². The number of nitrogens with one attached hydrogen (secondary N) is 2. The van der Waals surface area contributed by atoms with E-state index >= 15 is 0 Å². The van der Waals surface area contributed by atoms with Crippen LogP contribution in [-0.4, -0.2) is 43.9 Å². The van der Waals surface area contributed by atoms with Crippen molar-refractivity contribution in [3.05, 3.63) is 29.1 Å². The average Bonchev–Trinajstić information content (AvgIpc) is 2.47. The first-order valence-electron chi connectivity index (χ1n) is 7.30. The zero-order valence-corrected chi connectivity index (χ0v) is 13.2. The standard InChI is InChI=1S/C16H22FN3O2/c1-10-8-13(17)12(9-14(10)21-3)16(19)22-15(18)11-4-6-20(2)7-5-11/h8-9,11,18-19H,4-7H2,1-3H3. The van der Waals surface area contributed by atoms with Crippen LogP contribution < -0.4 is 4.74 Å². The van der Waals surface area contributed by atoms with Crippen LogP contribution in [0.15, 0.2) is 12.1 Å². The van der Waals surface area contributed by atoms with Crippen molar-refractivity contribution in [3.8, 4) is 5.75 Å². The third-order valence-corrected chi connectivity index (χ3v) is 4.03. The Morgan fingerprint density at radius 3 is 2.50 bits per heavy atom. The molecule has 1 heterocycles. The monoisotopic (exact) mass is 307 g/mol. The molecule has 1 aromatic carbocycles. The van der Waals surface area contributed by atoms with Crippen molar-refractivity contribution >= 4 is 11.8 Å². The summed E-state index contributed by atoms with van der Waals surface area (Å²) in [6.07, 6.45) is 1.64. The van der Waals surface area contributed by atoms with Crippen LogP contribution in [0.3, 0.4) is 0 Å². The van der Waals surface area contributed by atoms with E-state index in [2.05, 4.69) is 4.90 Å². The van der Waals surface area contributed by atoms with Crippen molar-refractivity contribution in [2.24, 2.45) is 5.92 Å². The molecule has 0 radical (unpaired) electrons. The molecule has 1 aromatic rings. The van der Waals surface area contributed by atoms with Gasteiger partial charge in [-0.25, -0.2) is 4.39 Å². The van der Waals surface area contributed by atoms with E-state index in [1.165, 1.54) is 19.2 Å². The molecule has 2 rings (SSSR count). The zero-order valence-electron chi connectivity index (χ0n) is 13.2. The molecule has 0 spiro atoms. The lowest BCUT2D eigenvalue weighted by molar-refractivity contribution is 0.240. The molecule has 2 N–H and O–H groups in total. The Labute approximate surface area is 130 Å². The minimum absolute atomic E-state index is 0.00745. The lowest BCUT2D eigenvalue weighted by atomic mass is 9.97. The normalized spacial score (nSPS) is 16.4. The smallest absolute Gasteiger partial charge is 0.223 e. The van der Waals surface area contributed by atoms with E-state index in [0.717, 1.165) is 25.9 Å². The molecule has 0 aromatic heterocycles. The third-order valence-electron chi connectivity index (χ3n) is 4.03. The molecule has 0 aliphatic carbocycles. The number of rotatable bonds is 3. The summed E-state index contributed by atoms with van der Waals surface area (Å²) in [5.41, 5.74) is 0.669. The van der Waals surface area contributed by atoms with Gasteiger partial charge < -0.3 is 14.4 Å². The van der Waals surface area contributed by atoms with E-state index in [0.29, 0.717) is 11.3 Å². The average molecular weight is 307 g/mol. The van der Waals surface area contributed by atoms with Gasteiger partial charge in [0.05, 0.1) is 12.7 Å². The molecular weight excluding hydrogens is 285 g/mol. The first-order chi connectivity index (χ1) is 10.4. The number of benzene rings is 1. The number of halogens is 1. The molecule has 120 valence electrons. The van der Waals surface area contributed by atoms with Gasteiger partial charge in [0.2, 0.25) is 5.90 Å². The summed E-state index contributed by atoms with van der Waals surface area (Å²) in [5.74, 6) is -0.362. The van der Waals surface area contributed by atoms with Gasteiger partial charge in [-0.05, 0) is 57.6 Å². The van der Waals surface area contributed by atoms with Crippen molar-refractivity contribution in [2.45, 2.75) is 19.8 Å². The predicted molar refractivity (Wildman–Crippen MR) is 83.6 cm³/mol. The zero-order chi connectivity index (χ0) is 16.3. The van der Waals surface area contributed by atoms with Gasteiger partial charge in [0.15, 0.2) is 5.90 Å². The summed E-state index contributed by atoms with van der Waals surface area (Å²) in [6, 6.07) is 2.75. The minimum atomic E-state index is -0.542. The molecule has 5 nitrogen and oxygen atoms in total. The van der Waals surface area contributed by atoms with E-state index in [1.807, 2.05) is 7.05 Å². The molecule has 1 fully saturated rings. The maximum atomic E-state index is 14.0. The molecule has 0 bridgehead atoms. The summed E-state index contributed by atoms with van der Waals surface area (Å²) in [6.45, 7) is 3.53. The Kier molecular flexibility index (Phi) is 5.13. The maximum absolute atomic E-state index is 14.0. The van der Waals surface area contributed by atoms with Gasteiger partial charge in [-0.2, -0.15) is 0 Å². The van der Waals surface area contributed by atoms with Crippen LogP contribution in [-0.2, 0) is 4.74 Å². The molecule has 0 saturated carbocycles. The Hall–Kier alpha value is -1.95. The van der Waals surface area contributed by atoms with Crippen LogP contribution in [0, 0.1) is 29.5 Å². The molecule has 22 heavy (non-hydrogen) atoms. The molecule has 1 aliphatic heterocycles. The summed E-state index contributed by atoms with van der Waals surface area (Å²) in [4.78, 5) is 2.19. The Morgan fingerprint density at radius 2 is 1.91 bits per heavy atom. The van der Waals surface area contributed by atoms with Gasteiger partial charge in [0.25, 0.3) is 0 Å². The topological polar surface area (TPSA) is 69.4 Å². The largest absolute Gasteiger partial charge is 0.496 e. The Morgan fingerprint density at radius 1 is 1.27 bits per heavy atom. The van der Waals surface area contributed by atoms with Gasteiger partial charge in [-0.15, -0.1) is 0 Å². The summed E-state index contributed by atoms with van der Waals surface area (Å²) in [5, 5.41) is 15.9. The van der Waals surface area contributed by atoms with E-state index in [4.69, 9.17) is 20.3 Å². The number of hydrogen-bond donors (Lipinski definition) is 2. The van der Waals surface area contributed by atoms with Crippen LogP contribution >= 0.6 is 0 Å². The molecule has 1 saturated heterocycles. The van der Waals surface area contributed by atoms with Crippen molar-refractivity contribution in [3.63, 3.8) is 0 Å². The van der Waals surface area contributed by atoms with Crippen molar-refractivity contribution in [2.75, 3.05) is 27.2 Å². The number of nitrogens with zero attached hydrogens (tertiary/aromatic N) is 1. The fourth-order valence-corrected chi connectivity index (χ4v) is 2.57. The van der Waals surface area contributed by atoms with Gasteiger partial charge in [-0.3, -0.25) is 10.8 Å². The highest BCUT2D eigenvalue weighted by molar-refractivity contribution is 6.00. The van der Waals surface area contributed by atoms with Crippen LogP contribution in [0.5, 0.6) is 5.75 Å². The molecule has 0 atom stereocenters. The fraction of sp³-hybridized carbons (Fsp3) is 0.500. The van der Waals surface area contributed by atoms with E-state index in [9.17, 15) is 4.39 Å². The van der Waals surface area contributed by atoms with Gasteiger partial charge >= 0.3 is 0 Å². The van der Waals surface area contributed by atoms with Gasteiger partial charge in [-0.1, -0.05) is 0 Å². The lowest BCUT2D eigenvalue weighted by Crippen LogP contribution is -2.34. The summed E-state index contributed by atoms with van der Waals surface area (Å²) in [7, 11) is 3.53. The van der Waals surface area contributed by atoms with E-state index in [1.54, 1.807) is 6.92 Å². The SMILES string of the molecule is COc1cc(C(=N)OC(=N)C2CCN(C)CC2)c(F)cc1C. The maximum Gasteiger partial charge on any atom is 0.223 e. The number of piperidine rings is 1. The number of methoxy groups -OCH3 is 1. The first-order valence-corrected chi connectivity index (χ1v) is 7.30. The predicted octanol–water partition coefficient (Wildman–Crippen LogP) is 2.80. The minimum Gasteiger partial charge on any atom is -0.496 e. The molecule has 0 amide bonds. The van der Waals surface area contributed by atoms with E-state index < -0.39 is 5.82 Å². The highest BCUT2D eigenvalue weighted by Crippen LogP contribution is 2.24. The quantitative estimate of drug-likeness (QED) is 0.666. The molecule has 1 aliphatic rings. The summed E-state index contributed by atoms with van der Waals surface area (Å²) < 4.78 is 24.4. The Bertz CT molecular complexity index is 581. The van der Waals surface area contributed by atoms with Crippen LogP contribution in [0.2, 0.25) is 0 Å². The van der Waals surface area contributed by atoms with Crippen molar-refractivity contribution in [1.29, 1.82) is 10.8 Å². The number of likely N-dealkylation sites (tertiary alicyclic amines) is 1. The first kappa shape index (κ1) is 16.4. The number of aryl methyl sites for hydroxylation is 1. The third kappa shape index (κ3) is 3.62. The second-order valence-electron chi connectivity index (χ2n) is 5.67. The second-order valence-corrected chi connectivity index (χ2v) is 5.67. The number of ether oxygens (including phenoxy) is 2. The van der Waals surface area contributed by atoms with Crippen LogP contribution in [0.25, 0.3) is 0 Å². The molecular formula is C16H22FN3O2. The van der Waals surface area contributed by atoms with E-state index in [-0.39, 0.29) is 23.3 Å². The van der Waals surface area contributed by atoms with Gasteiger partial charge in [0.1, 0.15) is 11.6 Å². The molecule has 6 heteroatoms. The van der Waals surface area contributed by atoms with Gasteiger partial charge in [0, 0.05) is 5.92 Å². The van der Waals surface area contributed by atoms with Crippen molar-refractivity contribution < 1.29 is 13.9 Å².